The van der Waals surface area contributed by atoms with Gasteiger partial charge < -0.3 is 19.9 Å². The van der Waals surface area contributed by atoms with Crippen molar-refractivity contribution in [2.75, 3.05) is 26.4 Å². The van der Waals surface area contributed by atoms with Gasteiger partial charge >= 0.3 is 0 Å². The molecule has 0 bridgehead atoms. The van der Waals surface area contributed by atoms with Crippen LogP contribution in [0.5, 0.6) is 0 Å². The first-order chi connectivity index (χ1) is 8.35. The van der Waals surface area contributed by atoms with E-state index in [9.17, 15) is 0 Å². The summed E-state index contributed by atoms with van der Waals surface area (Å²) in [6.07, 6.45) is 7.57. The second kappa shape index (κ2) is 6.69. The molecule has 1 heterocycles. The summed E-state index contributed by atoms with van der Waals surface area (Å²) in [4.78, 5) is 0. The molecule has 0 atom stereocenters. The molecule has 2 rings (SSSR count). The molecule has 2 N–H and O–H groups in total. The second-order valence-corrected chi connectivity index (χ2v) is 5.12. The molecule has 17 heavy (non-hydrogen) atoms. The topological polar surface area (TPSA) is 50.7 Å². The Labute approximate surface area is 104 Å². The largest absolute Gasteiger partial charge is 0.396 e. The van der Waals surface area contributed by atoms with Crippen molar-refractivity contribution in [3.8, 4) is 0 Å². The molecule has 1 saturated carbocycles. The third-order valence-corrected chi connectivity index (χ3v) is 3.83. The van der Waals surface area contributed by atoms with Gasteiger partial charge in [0.1, 0.15) is 0 Å². The lowest BCUT2D eigenvalue weighted by atomic mass is 9.90. The lowest BCUT2D eigenvalue weighted by Crippen LogP contribution is -2.42. The van der Waals surface area contributed by atoms with Crippen molar-refractivity contribution in [3.05, 3.63) is 0 Å². The quantitative estimate of drug-likeness (QED) is 0.693. The second-order valence-electron chi connectivity index (χ2n) is 5.12. The maximum Gasteiger partial charge on any atom is 0.168 e. The van der Waals surface area contributed by atoms with Gasteiger partial charge in [-0.25, -0.2) is 0 Å². The molecule has 4 nitrogen and oxygen atoms in total. The Morgan fingerprint density at radius 2 is 1.76 bits per heavy atom. The first-order valence-electron chi connectivity index (χ1n) is 6.97. The molecule has 0 aromatic heterocycles. The van der Waals surface area contributed by atoms with Crippen molar-refractivity contribution in [1.29, 1.82) is 0 Å². The smallest absolute Gasteiger partial charge is 0.168 e. The van der Waals surface area contributed by atoms with Crippen LogP contribution in [0.25, 0.3) is 0 Å². The van der Waals surface area contributed by atoms with Crippen LogP contribution in [-0.2, 0) is 9.47 Å². The third-order valence-electron chi connectivity index (χ3n) is 3.83. The van der Waals surface area contributed by atoms with Crippen LogP contribution < -0.4 is 5.32 Å². The van der Waals surface area contributed by atoms with Crippen LogP contribution in [0.4, 0.5) is 0 Å². The van der Waals surface area contributed by atoms with E-state index in [2.05, 4.69) is 5.32 Å². The van der Waals surface area contributed by atoms with Crippen molar-refractivity contribution in [1.82, 2.24) is 5.32 Å². The standard InChI is InChI=1S/C13H25NO3/c15-9-3-1-2-8-14-12-4-6-13(7-5-12)16-10-11-17-13/h12,14-15H,1-11H2. The lowest BCUT2D eigenvalue weighted by molar-refractivity contribution is -0.179. The molecule has 0 radical (unpaired) electrons. The zero-order chi connectivity index (χ0) is 12.0. The van der Waals surface area contributed by atoms with E-state index in [-0.39, 0.29) is 5.79 Å². The molecule has 0 aromatic rings. The highest BCUT2D eigenvalue weighted by atomic mass is 16.7. The molecule has 1 aliphatic carbocycles. The number of rotatable bonds is 6. The number of nitrogens with one attached hydrogen (secondary N) is 1. The Bertz CT molecular complexity index is 207. The van der Waals surface area contributed by atoms with E-state index >= 15 is 0 Å². The molecule has 1 saturated heterocycles. The van der Waals surface area contributed by atoms with Crippen LogP contribution in [0.15, 0.2) is 0 Å². The van der Waals surface area contributed by atoms with Gasteiger partial charge in [0.15, 0.2) is 5.79 Å². The van der Waals surface area contributed by atoms with Gasteiger partial charge in [-0.15, -0.1) is 0 Å². The van der Waals surface area contributed by atoms with Crippen LogP contribution in [-0.4, -0.2) is 43.3 Å². The predicted molar refractivity (Wildman–Crippen MR) is 65.8 cm³/mol. The van der Waals surface area contributed by atoms with Crippen LogP contribution in [0.1, 0.15) is 44.9 Å². The highest BCUT2D eigenvalue weighted by molar-refractivity contribution is 4.85. The summed E-state index contributed by atoms with van der Waals surface area (Å²) in [5.74, 6) is -0.227. The number of hydrogen-bond acceptors (Lipinski definition) is 4. The Morgan fingerprint density at radius 3 is 2.41 bits per heavy atom. The molecule has 2 fully saturated rings. The molecule has 0 amide bonds. The van der Waals surface area contributed by atoms with Gasteiger partial charge in [0.2, 0.25) is 0 Å². The zero-order valence-electron chi connectivity index (χ0n) is 10.6. The summed E-state index contributed by atoms with van der Waals surface area (Å²) < 4.78 is 11.4. The monoisotopic (exact) mass is 243 g/mol. The van der Waals surface area contributed by atoms with E-state index in [1.807, 2.05) is 0 Å². The van der Waals surface area contributed by atoms with Crippen LogP contribution >= 0.6 is 0 Å². The van der Waals surface area contributed by atoms with Crippen LogP contribution in [0.2, 0.25) is 0 Å². The van der Waals surface area contributed by atoms with E-state index in [0.717, 1.165) is 64.7 Å². The fraction of sp³-hybridized carbons (Fsp3) is 1.00. The fourth-order valence-electron chi connectivity index (χ4n) is 2.77. The fourth-order valence-corrected chi connectivity index (χ4v) is 2.77. The minimum atomic E-state index is -0.227. The molecule has 100 valence electrons. The van der Waals surface area contributed by atoms with Gasteiger partial charge in [-0.05, 0) is 38.6 Å². The molecular formula is C13H25NO3. The van der Waals surface area contributed by atoms with Gasteiger partial charge in [0.05, 0.1) is 13.2 Å². The minimum Gasteiger partial charge on any atom is -0.396 e. The van der Waals surface area contributed by atoms with Gasteiger partial charge in [0, 0.05) is 25.5 Å². The number of aliphatic hydroxyl groups excluding tert-OH is 1. The zero-order valence-corrected chi connectivity index (χ0v) is 10.6. The van der Waals surface area contributed by atoms with Crippen molar-refractivity contribution in [2.45, 2.75) is 56.8 Å². The Balaban J connectivity index is 1.56. The van der Waals surface area contributed by atoms with Crippen molar-refractivity contribution in [3.63, 3.8) is 0 Å². The summed E-state index contributed by atoms with van der Waals surface area (Å²) in [6, 6.07) is 0.627. The van der Waals surface area contributed by atoms with Crippen molar-refractivity contribution >= 4 is 0 Å². The minimum absolute atomic E-state index is 0.227. The average molecular weight is 243 g/mol. The molecule has 0 unspecified atom stereocenters. The SMILES string of the molecule is OCCCCCNC1CCC2(CC1)OCCO2. The van der Waals surface area contributed by atoms with E-state index in [1.54, 1.807) is 0 Å². The lowest BCUT2D eigenvalue weighted by Gasteiger charge is -2.35. The van der Waals surface area contributed by atoms with Gasteiger partial charge in [0.25, 0.3) is 0 Å². The van der Waals surface area contributed by atoms with E-state index in [0.29, 0.717) is 12.6 Å². The van der Waals surface area contributed by atoms with E-state index in [4.69, 9.17) is 14.6 Å². The summed E-state index contributed by atoms with van der Waals surface area (Å²) in [6.45, 7) is 2.92. The Morgan fingerprint density at radius 1 is 1.06 bits per heavy atom. The maximum absolute atomic E-state index is 8.68. The van der Waals surface area contributed by atoms with Crippen LogP contribution in [0.3, 0.4) is 0 Å². The summed E-state index contributed by atoms with van der Waals surface area (Å²) in [5, 5.41) is 12.3. The van der Waals surface area contributed by atoms with Crippen molar-refractivity contribution < 1.29 is 14.6 Å². The molecule has 0 aromatic carbocycles. The first kappa shape index (κ1) is 13.3. The molecule has 4 heteroatoms. The first-order valence-corrected chi connectivity index (χ1v) is 6.97. The summed E-state index contributed by atoms with van der Waals surface area (Å²) >= 11 is 0. The number of hydrogen-bond donors (Lipinski definition) is 2. The normalized spacial score (nSPS) is 24.5. The maximum atomic E-state index is 8.68. The molecular weight excluding hydrogens is 218 g/mol. The third kappa shape index (κ3) is 3.91. The van der Waals surface area contributed by atoms with Gasteiger partial charge in [-0.3, -0.25) is 0 Å². The highest BCUT2D eigenvalue weighted by Gasteiger charge is 2.39. The average Bonchev–Trinajstić information content (AvgIpc) is 2.80. The van der Waals surface area contributed by atoms with E-state index < -0.39 is 0 Å². The van der Waals surface area contributed by atoms with Crippen LogP contribution in [0, 0.1) is 0 Å². The number of aliphatic hydroxyl groups is 1. The highest BCUT2D eigenvalue weighted by Crippen LogP contribution is 2.35. The van der Waals surface area contributed by atoms with Gasteiger partial charge in [-0.2, -0.15) is 0 Å². The summed E-state index contributed by atoms with van der Waals surface area (Å²) in [7, 11) is 0. The molecule has 1 aliphatic heterocycles. The van der Waals surface area contributed by atoms with E-state index in [1.165, 1.54) is 0 Å². The van der Waals surface area contributed by atoms with Crippen molar-refractivity contribution in [2.24, 2.45) is 0 Å². The molecule has 1 spiro atoms. The number of unbranched alkanes of at least 4 members (excludes halogenated alkanes) is 2. The Kier molecular flexibility index (Phi) is 5.22. The predicted octanol–water partition coefficient (Wildman–Crippen LogP) is 1.42. The summed E-state index contributed by atoms with van der Waals surface area (Å²) in [5.41, 5.74) is 0. The number of ether oxygens (including phenoxy) is 2. The van der Waals surface area contributed by atoms with Gasteiger partial charge in [-0.1, -0.05) is 0 Å². The molecule has 2 aliphatic rings. The Hall–Kier alpha value is -0.160.